The van der Waals surface area contributed by atoms with Crippen LogP contribution in [0.1, 0.15) is 129 Å². The zero-order valence-corrected chi connectivity index (χ0v) is 78.8. The first kappa shape index (κ1) is 88.1. The predicted molar refractivity (Wildman–Crippen MR) is 535 cm³/mol. The Morgan fingerprint density at radius 3 is 1.22 bits per heavy atom. The van der Waals surface area contributed by atoms with Gasteiger partial charge in [0.1, 0.15) is 70.0 Å². The summed E-state index contributed by atoms with van der Waals surface area (Å²) >= 11 is 0. The largest absolute Gasteiger partial charge is 0.294 e. The number of para-hydroxylation sites is 7. The molecule has 0 unspecified atom stereocenters. The standard InChI is InChI=1S/C31H35N2.C29H25N2.C23H29N2.C21H19N2.C15H15N2/c1-20-17-21(2)19-24(18-20)28-26(23-14-10-9-11-15-23)29-31(6,7)30(4,5)25-16-12-13-22(3)27(25)33(29)32(28)8;1-22-12-9-10-17-25(22)29-30(2)20-21-31(29)28-26(23-13-5-3-6-14-23)18-11-19-27(28)24-15-7-4-8-16-24;1-16(2)19-12-9-13-20(17(3)4)22(19)25-15-14-24(6)23(25)21-11-8-7-10-18(21)5;1-16-10-6-8-14-19(16)23-20-15-9-7-13-18(20)21(22(23)2)17-11-4-3-5-12-17;1-12-7-3-5-9-14(12)17-15-10-6-4-8-13(15)11-16(17)2/h9-19H,1-8H3;3-21H,1-2H3;7-17H,1-6H3;3-15H,1-2H3;3-11H,1-2H3/q5*+1. The fourth-order valence-corrected chi connectivity index (χ4v) is 19.4. The second kappa shape index (κ2) is 37.3. The van der Waals surface area contributed by atoms with E-state index in [9.17, 15) is 0 Å². The lowest BCUT2D eigenvalue weighted by atomic mass is 9.59. The van der Waals surface area contributed by atoms with Gasteiger partial charge in [-0.05, 0) is 183 Å². The van der Waals surface area contributed by atoms with Crippen LogP contribution < -0.4 is 23.2 Å². The van der Waals surface area contributed by atoms with E-state index < -0.39 is 0 Å². The Hall–Kier alpha value is -14.4. The van der Waals surface area contributed by atoms with E-state index in [2.05, 4.69) is 556 Å². The van der Waals surface area contributed by atoms with Gasteiger partial charge in [-0.25, -0.2) is 9.13 Å². The van der Waals surface area contributed by atoms with E-state index in [0.717, 1.165) is 0 Å². The van der Waals surface area contributed by atoms with Crippen LogP contribution in [0.3, 0.4) is 0 Å². The molecule has 14 aromatic carbocycles. The summed E-state index contributed by atoms with van der Waals surface area (Å²) in [5, 5.41) is 2.53. The summed E-state index contributed by atoms with van der Waals surface area (Å²) in [5.41, 5.74) is 38.3. The normalized spacial score (nSPS) is 12.3. The monoisotopic (exact) mass is 1690 g/mol. The highest BCUT2D eigenvalue weighted by Crippen LogP contribution is 2.55. The van der Waals surface area contributed by atoms with Gasteiger partial charge in [0.05, 0.1) is 41.6 Å². The van der Waals surface area contributed by atoms with Crippen molar-refractivity contribution in [3.05, 3.63) is 432 Å². The van der Waals surface area contributed by atoms with Crippen LogP contribution in [-0.2, 0) is 46.1 Å². The van der Waals surface area contributed by atoms with Crippen LogP contribution in [0.4, 0.5) is 0 Å². The molecule has 19 aromatic rings. The van der Waals surface area contributed by atoms with Gasteiger partial charge in [0, 0.05) is 44.2 Å². The minimum atomic E-state index is -0.0894. The molecule has 0 N–H and O–H groups in total. The Kier molecular flexibility index (Phi) is 25.5. The van der Waals surface area contributed by atoms with Crippen molar-refractivity contribution in [3.8, 4) is 107 Å². The van der Waals surface area contributed by atoms with E-state index in [-0.39, 0.29) is 10.8 Å². The van der Waals surface area contributed by atoms with Gasteiger partial charge in [-0.3, -0.25) is 0 Å². The first-order valence-corrected chi connectivity index (χ1v) is 45.4. The Morgan fingerprint density at radius 1 is 0.302 bits per heavy atom. The topological polar surface area (TPSA) is 44.0 Å². The first-order valence-electron chi connectivity index (χ1n) is 45.4. The number of hydrogen-bond acceptors (Lipinski definition) is 0. The Balaban J connectivity index is 0.000000120. The molecule has 20 rings (SSSR count). The number of nitrogens with zero attached hydrogens (tertiary/aromatic N) is 10. The van der Waals surface area contributed by atoms with Gasteiger partial charge in [0.15, 0.2) is 21.1 Å². The molecule has 0 amide bonds. The van der Waals surface area contributed by atoms with Crippen LogP contribution in [0.15, 0.2) is 371 Å². The van der Waals surface area contributed by atoms with Gasteiger partial charge >= 0.3 is 0 Å². The molecule has 0 radical (unpaired) electrons. The van der Waals surface area contributed by atoms with Crippen molar-refractivity contribution >= 4 is 21.8 Å². The quantitative estimate of drug-likeness (QED) is 0.103. The summed E-state index contributed by atoms with van der Waals surface area (Å²) < 4.78 is 23.0. The van der Waals surface area contributed by atoms with Crippen molar-refractivity contribution in [2.24, 2.45) is 35.2 Å². The second-order valence-corrected chi connectivity index (χ2v) is 36.4. The van der Waals surface area contributed by atoms with Crippen LogP contribution in [0.25, 0.3) is 129 Å². The minimum absolute atomic E-state index is 0.0287. The van der Waals surface area contributed by atoms with E-state index in [1.807, 2.05) is 0 Å². The molecular formula is C119H123N10+5. The van der Waals surface area contributed by atoms with Crippen molar-refractivity contribution in [1.82, 2.24) is 23.2 Å². The second-order valence-electron chi connectivity index (χ2n) is 36.4. The SMILES string of the molecule is Cc1cc(C)cc(-c2c(-c3ccccc3)c3n([n+]2C)-c2c(C)cccc2C(C)(C)C3(C)C)c1.Cc1ccccc1-c1n(-c2c(-c3ccccc3)cccc2-c2ccccc2)cc[n+]1C.Cc1ccccc1-c1n(-c2c(C(C)C)cccc2C(C)C)cc[n+]1C.Cc1ccccc1-n1c2ccccc2c(-c2ccccc2)[n+]1C.Cc1ccccc1-n1c2ccccc2c[n+]1C. The molecule has 129 heavy (non-hydrogen) atoms. The Labute approximate surface area is 764 Å². The van der Waals surface area contributed by atoms with E-state index in [4.69, 9.17) is 0 Å². The lowest BCUT2D eigenvalue weighted by molar-refractivity contribution is -0.741. The molecular weight excluding hydrogens is 1570 g/mol. The van der Waals surface area contributed by atoms with Crippen LogP contribution >= 0.6 is 0 Å². The van der Waals surface area contributed by atoms with Crippen LogP contribution in [0.5, 0.6) is 0 Å². The summed E-state index contributed by atoms with van der Waals surface area (Å²) in [5.74, 6) is 3.35. The lowest BCUT2D eigenvalue weighted by Gasteiger charge is -2.46. The number of aromatic nitrogens is 10. The molecule has 644 valence electrons. The van der Waals surface area contributed by atoms with Crippen molar-refractivity contribution < 1.29 is 23.2 Å². The smallest absolute Gasteiger partial charge is 0.232 e. The fourth-order valence-electron chi connectivity index (χ4n) is 19.4. The molecule has 5 aromatic heterocycles. The average Bonchev–Trinajstić information content (AvgIpc) is 1.56. The van der Waals surface area contributed by atoms with Gasteiger partial charge in [0.25, 0.3) is 11.6 Å². The van der Waals surface area contributed by atoms with Crippen molar-refractivity contribution in [2.45, 2.75) is 127 Å². The number of rotatable bonds is 13. The number of benzene rings is 14. The number of aryl methyl sites for hydroxylation is 10. The highest BCUT2D eigenvalue weighted by Gasteiger charge is 2.53. The van der Waals surface area contributed by atoms with Gasteiger partial charge in [-0.15, -0.1) is 28.1 Å². The third-order valence-electron chi connectivity index (χ3n) is 26.5. The first-order chi connectivity index (χ1) is 62.2. The zero-order chi connectivity index (χ0) is 90.7. The predicted octanol–water partition coefficient (Wildman–Crippen LogP) is 26.5. The molecule has 6 heterocycles. The van der Waals surface area contributed by atoms with Gasteiger partial charge in [0.2, 0.25) is 17.6 Å². The molecule has 0 aliphatic carbocycles. The molecule has 0 fully saturated rings. The van der Waals surface area contributed by atoms with Crippen molar-refractivity contribution in [1.29, 1.82) is 0 Å². The molecule has 1 aliphatic rings. The Bertz CT molecular complexity index is 7140. The highest BCUT2D eigenvalue weighted by atomic mass is 15.4. The number of imidazole rings is 2. The van der Waals surface area contributed by atoms with Crippen LogP contribution in [0.2, 0.25) is 0 Å². The van der Waals surface area contributed by atoms with Crippen LogP contribution in [-0.4, -0.2) is 23.2 Å². The molecule has 0 saturated heterocycles. The van der Waals surface area contributed by atoms with E-state index in [1.165, 1.54) is 190 Å². The fraction of sp³-hybridized carbons (Fsp3) is 0.202. The summed E-state index contributed by atoms with van der Waals surface area (Å²) in [6.45, 7) is 34.1. The third-order valence-corrected chi connectivity index (χ3v) is 26.5. The molecule has 0 atom stereocenters. The van der Waals surface area contributed by atoms with Gasteiger partial charge < -0.3 is 0 Å². The lowest BCUT2D eigenvalue weighted by Crippen LogP contribution is -2.51. The summed E-state index contributed by atoms with van der Waals surface area (Å²) in [6.07, 6.45) is 10.8. The number of hydrogen-bond donors (Lipinski definition) is 0. The third kappa shape index (κ3) is 17.0. The Morgan fingerprint density at radius 2 is 0.705 bits per heavy atom. The van der Waals surface area contributed by atoms with E-state index >= 15 is 0 Å². The van der Waals surface area contributed by atoms with E-state index in [0.29, 0.717) is 11.8 Å². The maximum atomic E-state index is 2.51. The molecule has 0 spiro atoms. The van der Waals surface area contributed by atoms with Crippen molar-refractivity contribution in [2.75, 3.05) is 0 Å². The van der Waals surface area contributed by atoms with Gasteiger partial charge in [-0.1, -0.05) is 333 Å². The van der Waals surface area contributed by atoms with Crippen molar-refractivity contribution in [3.63, 3.8) is 0 Å². The highest BCUT2D eigenvalue weighted by molar-refractivity contribution is 5.93. The summed E-state index contributed by atoms with van der Waals surface area (Å²) in [4.78, 5) is 0. The average molecular weight is 1690 g/mol. The van der Waals surface area contributed by atoms with Crippen LogP contribution in [0, 0.1) is 48.5 Å². The number of fused-ring (bicyclic) bond motifs is 5. The minimum Gasteiger partial charge on any atom is -0.232 e. The summed E-state index contributed by atoms with van der Waals surface area (Å²) in [6, 6.07) is 121. The molecule has 0 saturated carbocycles. The molecule has 1 aliphatic heterocycles. The van der Waals surface area contributed by atoms with Gasteiger partial charge in [-0.2, -0.15) is 9.13 Å². The summed E-state index contributed by atoms with van der Waals surface area (Å²) in [7, 11) is 10.7. The molecule has 10 heteroatoms. The molecule has 10 nitrogen and oxygen atoms in total. The zero-order valence-electron chi connectivity index (χ0n) is 78.8. The maximum absolute atomic E-state index is 2.51. The van der Waals surface area contributed by atoms with E-state index in [1.54, 1.807) is 0 Å². The maximum Gasteiger partial charge on any atom is 0.294 e. The molecule has 0 bridgehead atoms.